The highest BCUT2D eigenvalue weighted by Crippen LogP contribution is 2.32. The molecule has 0 unspecified atom stereocenters. The Morgan fingerprint density at radius 1 is 1.15 bits per heavy atom. The van der Waals surface area contributed by atoms with E-state index in [-0.39, 0.29) is 5.28 Å². The molecule has 0 saturated carbocycles. The third-order valence-corrected chi connectivity index (χ3v) is 5.22. The maximum absolute atomic E-state index is 10.3. The summed E-state index contributed by atoms with van der Waals surface area (Å²) in [5.74, 6) is 0.484. The Kier molecular flexibility index (Phi) is 5.44. The van der Waals surface area contributed by atoms with Gasteiger partial charge in [-0.25, -0.2) is 9.99 Å². The van der Waals surface area contributed by atoms with Crippen LogP contribution in [0.15, 0.2) is 6.33 Å². The van der Waals surface area contributed by atoms with Crippen LogP contribution in [0, 0.1) is 0 Å². The molecule has 2 saturated heterocycles. The van der Waals surface area contributed by atoms with Crippen molar-refractivity contribution in [2.24, 2.45) is 0 Å². The summed E-state index contributed by atoms with van der Waals surface area (Å²) in [5.41, 5.74) is 4.14. The first kappa shape index (κ1) is 18.8. The quantitative estimate of drug-likeness (QED) is 0.537. The second kappa shape index (κ2) is 7.82. The van der Waals surface area contributed by atoms with E-state index in [0.29, 0.717) is 17.0 Å². The first-order chi connectivity index (χ1) is 13.1. The molecule has 2 aromatic heterocycles. The number of aliphatic hydroxyl groups excluding tert-OH is 3. The number of hydrogen-bond acceptors (Lipinski definition) is 9. The Hall–Kier alpha value is -1.56. The lowest BCUT2D eigenvalue weighted by Crippen LogP contribution is -2.33. The fourth-order valence-electron chi connectivity index (χ4n) is 3.60. The van der Waals surface area contributed by atoms with Crippen molar-refractivity contribution in [3.8, 4) is 0 Å². The molecule has 0 aromatic carbocycles. The van der Waals surface area contributed by atoms with Crippen molar-refractivity contribution in [2.75, 3.05) is 25.1 Å². The molecule has 0 radical (unpaired) electrons. The summed E-state index contributed by atoms with van der Waals surface area (Å²) in [6.45, 7) is 1.40. The van der Waals surface area contributed by atoms with E-state index < -0.39 is 31.1 Å². The molecular weight excluding hydrogens is 376 g/mol. The van der Waals surface area contributed by atoms with Crippen molar-refractivity contribution in [2.45, 2.75) is 50.2 Å². The smallest absolute Gasteiger partial charge is 0.226 e. The monoisotopic (exact) mass is 398 g/mol. The summed E-state index contributed by atoms with van der Waals surface area (Å²) >= 11 is 6.12. The Balaban J connectivity index is 1.66. The van der Waals surface area contributed by atoms with Crippen LogP contribution in [0.2, 0.25) is 5.28 Å². The van der Waals surface area contributed by atoms with Gasteiger partial charge in [-0.1, -0.05) is 12.8 Å². The molecule has 2 aromatic rings. The Bertz CT molecular complexity index is 797. The van der Waals surface area contributed by atoms with E-state index in [9.17, 15) is 15.3 Å². The molecule has 4 rings (SSSR count). The lowest BCUT2D eigenvalue weighted by molar-refractivity contribution is -0.0511. The molecule has 2 fully saturated rings. The number of nitrogens with zero attached hydrogens (tertiary/aromatic N) is 5. The minimum Gasteiger partial charge on any atom is -0.394 e. The molecule has 4 atom stereocenters. The van der Waals surface area contributed by atoms with Gasteiger partial charge in [0.15, 0.2) is 23.2 Å². The molecular formula is C16H23ClN6O4. The average Bonchev–Trinajstić information content (AvgIpc) is 3.06. The fourth-order valence-corrected chi connectivity index (χ4v) is 3.76. The van der Waals surface area contributed by atoms with Gasteiger partial charge in [0, 0.05) is 13.1 Å². The van der Waals surface area contributed by atoms with Gasteiger partial charge in [0.2, 0.25) is 5.28 Å². The normalized spacial score (nSPS) is 29.9. The van der Waals surface area contributed by atoms with Crippen LogP contribution in [0.1, 0.15) is 31.9 Å². The third kappa shape index (κ3) is 3.60. The fraction of sp³-hybridized carbons (Fsp3) is 0.688. The molecule has 0 amide bonds. The van der Waals surface area contributed by atoms with E-state index in [2.05, 4.69) is 25.4 Å². The molecule has 0 bridgehead atoms. The zero-order valence-corrected chi connectivity index (χ0v) is 15.5. The number of halogens is 1. The van der Waals surface area contributed by atoms with E-state index in [0.717, 1.165) is 25.9 Å². The van der Waals surface area contributed by atoms with E-state index in [1.165, 1.54) is 23.7 Å². The van der Waals surface area contributed by atoms with Crippen LogP contribution >= 0.6 is 11.6 Å². The predicted octanol–water partition coefficient (Wildman–Crippen LogP) is 0.294. The predicted molar refractivity (Wildman–Crippen MR) is 97.0 cm³/mol. The summed E-state index contributed by atoms with van der Waals surface area (Å²) in [6.07, 6.45) is 1.84. The third-order valence-electron chi connectivity index (χ3n) is 5.06. The average molecular weight is 399 g/mol. The largest absolute Gasteiger partial charge is 0.394 e. The number of rotatable bonds is 4. The number of ether oxygens (including phenoxy) is 1. The van der Waals surface area contributed by atoms with Gasteiger partial charge in [-0.05, 0) is 24.4 Å². The van der Waals surface area contributed by atoms with Crippen molar-refractivity contribution >= 4 is 28.6 Å². The Morgan fingerprint density at radius 2 is 1.89 bits per heavy atom. The van der Waals surface area contributed by atoms with Crippen molar-refractivity contribution in [1.82, 2.24) is 24.5 Å². The SMILES string of the molecule is OC[C@H]1O[C@@H](n2cnc3c(NN4CCCCCC4)nc(Cl)nc32)[C@H](O)[C@@H]1O. The summed E-state index contributed by atoms with van der Waals surface area (Å²) in [4.78, 5) is 12.8. The molecule has 148 valence electrons. The molecule has 2 aliphatic rings. The van der Waals surface area contributed by atoms with Gasteiger partial charge in [0.25, 0.3) is 0 Å². The van der Waals surface area contributed by atoms with Gasteiger partial charge < -0.3 is 25.5 Å². The van der Waals surface area contributed by atoms with Crippen molar-refractivity contribution < 1.29 is 20.1 Å². The van der Waals surface area contributed by atoms with Crippen LogP contribution < -0.4 is 5.43 Å². The first-order valence-electron chi connectivity index (χ1n) is 9.12. The summed E-state index contributed by atoms with van der Waals surface area (Å²) in [7, 11) is 0. The lowest BCUT2D eigenvalue weighted by Gasteiger charge is -2.21. The highest BCUT2D eigenvalue weighted by molar-refractivity contribution is 6.28. The topological polar surface area (TPSA) is 129 Å². The van der Waals surface area contributed by atoms with Gasteiger partial charge >= 0.3 is 0 Å². The molecule has 27 heavy (non-hydrogen) atoms. The maximum atomic E-state index is 10.3. The van der Waals surface area contributed by atoms with Crippen LogP contribution in [0.25, 0.3) is 11.2 Å². The van der Waals surface area contributed by atoms with Gasteiger partial charge in [-0.2, -0.15) is 9.97 Å². The number of anilines is 1. The van der Waals surface area contributed by atoms with Crippen molar-refractivity contribution in [3.05, 3.63) is 11.6 Å². The molecule has 10 nitrogen and oxygen atoms in total. The van der Waals surface area contributed by atoms with Gasteiger partial charge in [0.1, 0.15) is 18.3 Å². The van der Waals surface area contributed by atoms with E-state index >= 15 is 0 Å². The van der Waals surface area contributed by atoms with Gasteiger partial charge in [-0.15, -0.1) is 0 Å². The lowest BCUT2D eigenvalue weighted by atomic mass is 10.1. The van der Waals surface area contributed by atoms with Crippen LogP contribution in [-0.2, 0) is 4.74 Å². The van der Waals surface area contributed by atoms with Gasteiger partial charge in [0.05, 0.1) is 12.9 Å². The molecule has 0 aliphatic carbocycles. The van der Waals surface area contributed by atoms with E-state index in [1.807, 2.05) is 0 Å². The number of hydrogen-bond donors (Lipinski definition) is 4. The highest BCUT2D eigenvalue weighted by atomic mass is 35.5. The Morgan fingerprint density at radius 3 is 2.56 bits per heavy atom. The first-order valence-corrected chi connectivity index (χ1v) is 9.50. The molecule has 0 spiro atoms. The standard InChI is InChI=1S/C16H23ClN6O4/c17-16-19-13(21-22-5-3-1-2-4-6-22)10-14(20-16)23(8-18-10)15-12(26)11(25)9(7-24)27-15/h8-9,11-12,15,24-26H,1-7H2,(H,19,20,21)/t9-,11-,12-,15-/m1/s1. The number of nitrogens with one attached hydrogen (secondary N) is 1. The summed E-state index contributed by atoms with van der Waals surface area (Å²) in [6, 6.07) is 0. The minimum absolute atomic E-state index is 0.0355. The summed E-state index contributed by atoms with van der Waals surface area (Å²) < 4.78 is 7.07. The summed E-state index contributed by atoms with van der Waals surface area (Å²) in [5, 5.41) is 31.7. The molecule has 11 heteroatoms. The van der Waals surface area contributed by atoms with Crippen LogP contribution in [-0.4, -0.2) is 77.9 Å². The number of fused-ring (bicyclic) bond motifs is 1. The second-order valence-corrected chi connectivity index (χ2v) is 7.25. The molecule has 4 N–H and O–H groups in total. The van der Waals surface area contributed by atoms with E-state index in [4.69, 9.17) is 16.3 Å². The Labute approximate surface area is 160 Å². The highest BCUT2D eigenvalue weighted by Gasteiger charge is 2.44. The molecule has 4 heterocycles. The number of hydrazine groups is 1. The zero-order valence-electron chi connectivity index (χ0n) is 14.7. The minimum atomic E-state index is -1.23. The van der Waals surface area contributed by atoms with Crippen LogP contribution in [0.4, 0.5) is 5.82 Å². The van der Waals surface area contributed by atoms with Crippen molar-refractivity contribution in [1.29, 1.82) is 0 Å². The van der Waals surface area contributed by atoms with E-state index in [1.54, 1.807) is 0 Å². The zero-order chi connectivity index (χ0) is 19.0. The molecule has 2 aliphatic heterocycles. The van der Waals surface area contributed by atoms with Gasteiger partial charge in [-0.3, -0.25) is 4.57 Å². The number of aliphatic hydroxyl groups is 3. The van der Waals surface area contributed by atoms with Crippen LogP contribution in [0.5, 0.6) is 0 Å². The number of imidazole rings is 1. The maximum Gasteiger partial charge on any atom is 0.226 e. The second-order valence-electron chi connectivity index (χ2n) is 6.91. The number of aromatic nitrogens is 4. The van der Waals surface area contributed by atoms with Crippen LogP contribution in [0.3, 0.4) is 0 Å². The van der Waals surface area contributed by atoms with Crippen molar-refractivity contribution in [3.63, 3.8) is 0 Å².